The average Bonchev–Trinajstić information content (AvgIpc) is 2.43. The number of hydrogen-bond donors (Lipinski definition) is 2. The number of nitrogens with one attached hydrogen (secondary N) is 1. The topological polar surface area (TPSA) is 66.4 Å². The molecule has 0 aliphatic heterocycles. The Bertz CT molecular complexity index is 846. The number of benzene rings is 2. The number of alkyl halides is 3. The molecule has 0 bridgehead atoms. The second-order valence-electron chi connectivity index (χ2n) is 5.11. The first kappa shape index (κ1) is 17.1. The summed E-state index contributed by atoms with van der Waals surface area (Å²) in [6, 6.07) is 6.44. The predicted octanol–water partition coefficient (Wildman–Crippen LogP) is 3.83. The lowest BCUT2D eigenvalue weighted by Crippen LogP contribution is -2.15. The highest BCUT2D eigenvalue weighted by molar-refractivity contribution is 7.92. The number of phenols is 1. The lowest BCUT2D eigenvalue weighted by atomic mass is 10.1. The molecule has 2 aromatic rings. The summed E-state index contributed by atoms with van der Waals surface area (Å²) in [6.07, 6.45) is -4.65. The molecule has 4 nitrogen and oxygen atoms in total. The molecule has 2 aromatic carbocycles. The number of anilines is 1. The smallest absolute Gasteiger partial charge is 0.416 e. The molecule has 0 radical (unpaired) electrons. The van der Waals surface area contributed by atoms with Gasteiger partial charge < -0.3 is 5.11 Å². The Hall–Kier alpha value is -2.22. The van der Waals surface area contributed by atoms with E-state index in [4.69, 9.17) is 0 Å². The fourth-order valence-corrected chi connectivity index (χ4v) is 3.18. The van der Waals surface area contributed by atoms with Crippen LogP contribution < -0.4 is 4.72 Å². The van der Waals surface area contributed by atoms with Crippen molar-refractivity contribution in [2.24, 2.45) is 0 Å². The van der Waals surface area contributed by atoms with Crippen molar-refractivity contribution in [3.05, 3.63) is 53.1 Å². The van der Waals surface area contributed by atoms with E-state index in [-0.39, 0.29) is 11.4 Å². The van der Waals surface area contributed by atoms with Gasteiger partial charge in [-0.2, -0.15) is 13.2 Å². The van der Waals surface area contributed by atoms with E-state index in [1.807, 2.05) is 0 Å². The van der Waals surface area contributed by atoms with Gasteiger partial charge in [0.1, 0.15) is 5.75 Å². The van der Waals surface area contributed by atoms with Crippen LogP contribution in [-0.4, -0.2) is 13.5 Å². The summed E-state index contributed by atoms with van der Waals surface area (Å²) < 4.78 is 64.7. The zero-order valence-corrected chi connectivity index (χ0v) is 13.1. The van der Waals surface area contributed by atoms with Gasteiger partial charge >= 0.3 is 6.18 Å². The van der Waals surface area contributed by atoms with Crippen molar-refractivity contribution in [2.45, 2.75) is 24.9 Å². The first-order valence-corrected chi connectivity index (χ1v) is 7.99. The Kier molecular flexibility index (Phi) is 4.30. The van der Waals surface area contributed by atoms with Crippen LogP contribution in [0, 0.1) is 13.8 Å². The maximum Gasteiger partial charge on any atom is 0.416 e. The monoisotopic (exact) mass is 345 g/mol. The third-order valence-electron chi connectivity index (χ3n) is 3.16. The summed E-state index contributed by atoms with van der Waals surface area (Å²) in [5.41, 5.74) is -0.00119. The van der Waals surface area contributed by atoms with Crippen LogP contribution in [0.15, 0.2) is 41.3 Å². The van der Waals surface area contributed by atoms with E-state index in [2.05, 4.69) is 4.72 Å². The summed E-state index contributed by atoms with van der Waals surface area (Å²) in [6.45, 7) is 3.29. The minimum absolute atomic E-state index is 0.0834. The lowest BCUT2D eigenvalue weighted by Gasteiger charge is -2.13. The quantitative estimate of drug-likeness (QED) is 0.831. The summed E-state index contributed by atoms with van der Waals surface area (Å²) in [5, 5.41) is 9.91. The van der Waals surface area contributed by atoms with Crippen molar-refractivity contribution in [2.75, 3.05) is 4.72 Å². The highest BCUT2D eigenvalue weighted by Crippen LogP contribution is 2.33. The van der Waals surface area contributed by atoms with Gasteiger partial charge in [0.2, 0.25) is 0 Å². The number of hydrogen-bond acceptors (Lipinski definition) is 3. The molecular weight excluding hydrogens is 331 g/mol. The van der Waals surface area contributed by atoms with E-state index in [0.717, 1.165) is 18.2 Å². The molecule has 0 saturated heterocycles. The van der Waals surface area contributed by atoms with Crippen LogP contribution in [0.25, 0.3) is 0 Å². The van der Waals surface area contributed by atoms with Gasteiger partial charge in [0.25, 0.3) is 10.0 Å². The SMILES string of the molecule is Cc1cc(C)c(O)c(NS(=O)(=O)c2cccc(C(F)(F)F)c2)c1. The van der Waals surface area contributed by atoms with E-state index in [9.17, 15) is 26.7 Å². The van der Waals surface area contributed by atoms with E-state index in [1.54, 1.807) is 19.9 Å². The molecule has 0 amide bonds. The summed E-state index contributed by atoms with van der Waals surface area (Å²) in [5.74, 6) is -0.272. The first-order valence-electron chi connectivity index (χ1n) is 6.51. The van der Waals surface area contributed by atoms with Gasteiger partial charge in [-0.1, -0.05) is 12.1 Å². The molecule has 0 aromatic heterocycles. The maximum absolute atomic E-state index is 12.7. The van der Waals surface area contributed by atoms with Crippen molar-refractivity contribution >= 4 is 15.7 Å². The van der Waals surface area contributed by atoms with Crippen molar-refractivity contribution in [3.63, 3.8) is 0 Å². The summed E-state index contributed by atoms with van der Waals surface area (Å²) in [4.78, 5) is -0.536. The fraction of sp³-hybridized carbons (Fsp3) is 0.200. The highest BCUT2D eigenvalue weighted by Gasteiger charge is 2.31. The van der Waals surface area contributed by atoms with Gasteiger partial charge in [-0.15, -0.1) is 0 Å². The molecule has 0 saturated carbocycles. The second kappa shape index (κ2) is 5.77. The predicted molar refractivity (Wildman–Crippen MR) is 79.8 cm³/mol. The average molecular weight is 345 g/mol. The van der Waals surface area contributed by atoms with Gasteiger partial charge in [-0.25, -0.2) is 8.42 Å². The summed E-state index contributed by atoms with van der Waals surface area (Å²) in [7, 11) is -4.26. The fourth-order valence-electron chi connectivity index (χ4n) is 2.08. The van der Waals surface area contributed by atoms with Crippen LogP contribution in [0.2, 0.25) is 0 Å². The molecule has 2 rings (SSSR count). The molecule has 23 heavy (non-hydrogen) atoms. The Morgan fingerprint density at radius 2 is 1.74 bits per heavy atom. The van der Waals surface area contributed by atoms with Gasteiger partial charge in [0, 0.05) is 0 Å². The Morgan fingerprint density at radius 3 is 2.35 bits per heavy atom. The Labute approximate surface area is 131 Å². The van der Waals surface area contributed by atoms with Crippen LogP contribution in [0.3, 0.4) is 0 Å². The van der Waals surface area contributed by atoms with Crippen molar-refractivity contribution in [1.82, 2.24) is 0 Å². The van der Waals surface area contributed by atoms with Crippen molar-refractivity contribution < 1.29 is 26.7 Å². The number of phenolic OH excluding ortho intramolecular Hbond substituents is 1. The molecule has 8 heteroatoms. The highest BCUT2D eigenvalue weighted by atomic mass is 32.2. The van der Waals surface area contributed by atoms with E-state index in [1.165, 1.54) is 6.07 Å². The van der Waals surface area contributed by atoms with E-state index < -0.39 is 26.7 Å². The Morgan fingerprint density at radius 1 is 1.09 bits per heavy atom. The zero-order valence-electron chi connectivity index (χ0n) is 12.3. The third-order valence-corrected chi connectivity index (χ3v) is 4.52. The number of aromatic hydroxyl groups is 1. The number of sulfonamides is 1. The maximum atomic E-state index is 12.7. The molecule has 0 aliphatic carbocycles. The molecule has 0 unspecified atom stereocenters. The van der Waals surface area contributed by atoms with Gasteiger partial charge in [-0.3, -0.25) is 4.72 Å². The minimum Gasteiger partial charge on any atom is -0.505 e. The van der Waals surface area contributed by atoms with Crippen LogP contribution in [0.5, 0.6) is 5.75 Å². The Balaban J connectivity index is 2.45. The molecule has 0 spiro atoms. The van der Waals surface area contributed by atoms with Gasteiger partial charge in [-0.05, 0) is 49.2 Å². The summed E-state index contributed by atoms with van der Waals surface area (Å²) >= 11 is 0. The molecule has 0 aliphatic rings. The van der Waals surface area contributed by atoms with Gasteiger partial charge in [0.05, 0.1) is 16.1 Å². The molecule has 0 atom stereocenters. The molecular formula is C15H14F3NO3S. The lowest BCUT2D eigenvalue weighted by molar-refractivity contribution is -0.137. The minimum atomic E-state index is -4.65. The normalized spacial score (nSPS) is 12.2. The van der Waals surface area contributed by atoms with Crippen molar-refractivity contribution in [1.29, 1.82) is 0 Å². The van der Waals surface area contributed by atoms with Crippen LogP contribution in [-0.2, 0) is 16.2 Å². The number of rotatable bonds is 3. The standard InChI is InChI=1S/C15H14F3NO3S/c1-9-6-10(2)14(20)13(7-9)19-23(21,22)12-5-3-4-11(8-12)15(16,17)18/h3-8,19-20H,1-2H3. The van der Waals surface area contributed by atoms with Crippen molar-refractivity contribution in [3.8, 4) is 5.75 Å². The van der Waals surface area contributed by atoms with Crippen LogP contribution >= 0.6 is 0 Å². The largest absolute Gasteiger partial charge is 0.505 e. The number of halogens is 3. The second-order valence-corrected chi connectivity index (χ2v) is 6.79. The first-order chi connectivity index (χ1) is 10.5. The molecule has 2 N–H and O–H groups in total. The number of aryl methyl sites for hydroxylation is 2. The molecule has 0 heterocycles. The molecule has 0 fully saturated rings. The van der Waals surface area contributed by atoms with Gasteiger partial charge in [0.15, 0.2) is 0 Å². The van der Waals surface area contributed by atoms with E-state index in [0.29, 0.717) is 17.2 Å². The third kappa shape index (κ3) is 3.76. The van der Waals surface area contributed by atoms with Crippen LogP contribution in [0.1, 0.15) is 16.7 Å². The van der Waals surface area contributed by atoms with Crippen LogP contribution in [0.4, 0.5) is 18.9 Å². The zero-order chi connectivity index (χ0) is 17.4. The molecule has 124 valence electrons. The van der Waals surface area contributed by atoms with E-state index >= 15 is 0 Å².